The zero-order valence-corrected chi connectivity index (χ0v) is 10.9. The van der Waals surface area contributed by atoms with Crippen LogP contribution < -0.4 is 5.32 Å². The number of hydrogen-bond acceptors (Lipinski definition) is 3. The molecule has 1 aromatic heterocycles. The smallest absolute Gasteiger partial charge is 0.0949 e. The molecule has 0 fully saturated rings. The molecular formula is C12H24N4. The van der Waals surface area contributed by atoms with Crippen molar-refractivity contribution in [3.05, 3.63) is 18.2 Å². The van der Waals surface area contributed by atoms with E-state index in [0.29, 0.717) is 6.04 Å². The van der Waals surface area contributed by atoms with Gasteiger partial charge < -0.3 is 14.8 Å². The Labute approximate surface area is 98.7 Å². The Morgan fingerprint density at radius 3 is 2.88 bits per heavy atom. The van der Waals surface area contributed by atoms with E-state index >= 15 is 0 Å². The molecule has 1 N–H and O–H groups in total. The molecular weight excluding hydrogens is 200 g/mol. The van der Waals surface area contributed by atoms with Crippen LogP contribution in [0.4, 0.5) is 0 Å². The van der Waals surface area contributed by atoms with E-state index in [1.165, 1.54) is 5.69 Å². The maximum Gasteiger partial charge on any atom is 0.0949 e. The number of nitrogens with one attached hydrogen (secondary N) is 1. The molecule has 0 aliphatic carbocycles. The molecule has 0 spiro atoms. The van der Waals surface area contributed by atoms with Gasteiger partial charge in [0.15, 0.2) is 0 Å². The van der Waals surface area contributed by atoms with Crippen LogP contribution in [0.5, 0.6) is 0 Å². The first-order valence-electron chi connectivity index (χ1n) is 6.05. The third-order valence-electron chi connectivity index (χ3n) is 2.93. The predicted octanol–water partition coefficient (Wildman–Crippen LogP) is 1.33. The average molecular weight is 224 g/mol. The lowest BCUT2D eigenvalue weighted by Crippen LogP contribution is -2.30. The average Bonchev–Trinajstić information content (AvgIpc) is 2.70. The molecule has 4 heteroatoms. The molecule has 16 heavy (non-hydrogen) atoms. The molecule has 0 aromatic carbocycles. The van der Waals surface area contributed by atoms with Crippen LogP contribution in [0, 0.1) is 0 Å². The van der Waals surface area contributed by atoms with Crippen LogP contribution in [0.25, 0.3) is 0 Å². The zero-order chi connectivity index (χ0) is 12.0. The van der Waals surface area contributed by atoms with Crippen molar-refractivity contribution in [2.45, 2.75) is 39.9 Å². The third kappa shape index (κ3) is 3.94. The largest absolute Gasteiger partial charge is 0.332 e. The fourth-order valence-electron chi connectivity index (χ4n) is 1.47. The van der Waals surface area contributed by atoms with Gasteiger partial charge in [0.25, 0.3) is 0 Å². The van der Waals surface area contributed by atoms with Crippen molar-refractivity contribution in [1.29, 1.82) is 0 Å². The summed E-state index contributed by atoms with van der Waals surface area (Å²) in [5.74, 6) is 0. The van der Waals surface area contributed by atoms with Gasteiger partial charge >= 0.3 is 0 Å². The Balaban J connectivity index is 2.44. The molecule has 0 atom stereocenters. The number of imidazole rings is 1. The highest BCUT2D eigenvalue weighted by Gasteiger charge is 2.05. The SMILES string of the molecule is CCNCc1cncn1CCN(C)C(C)C. The summed E-state index contributed by atoms with van der Waals surface area (Å²) in [5.41, 5.74) is 1.26. The molecule has 1 rings (SSSR count). The van der Waals surface area contributed by atoms with Crippen LogP contribution in [-0.4, -0.2) is 40.6 Å². The second-order valence-electron chi connectivity index (χ2n) is 4.43. The quantitative estimate of drug-likeness (QED) is 0.758. The van der Waals surface area contributed by atoms with Gasteiger partial charge in [0.05, 0.1) is 12.0 Å². The number of nitrogens with zero attached hydrogens (tertiary/aromatic N) is 3. The summed E-state index contributed by atoms with van der Waals surface area (Å²) in [4.78, 5) is 6.55. The normalized spacial score (nSPS) is 11.6. The molecule has 0 bridgehead atoms. The van der Waals surface area contributed by atoms with E-state index < -0.39 is 0 Å². The van der Waals surface area contributed by atoms with E-state index in [4.69, 9.17) is 0 Å². The van der Waals surface area contributed by atoms with Gasteiger partial charge in [-0.25, -0.2) is 4.98 Å². The Hall–Kier alpha value is -0.870. The van der Waals surface area contributed by atoms with Crippen LogP contribution in [-0.2, 0) is 13.1 Å². The van der Waals surface area contributed by atoms with Gasteiger partial charge in [-0.3, -0.25) is 0 Å². The van der Waals surface area contributed by atoms with Gasteiger partial charge in [-0.05, 0) is 27.4 Å². The predicted molar refractivity (Wildman–Crippen MR) is 67.4 cm³/mol. The molecule has 4 nitrogen and oxygen atoms in total. The van der Waals surface area contributed by atoms with Crippen molar-refractivity contribution in [1.82, 2.24) is 19.8 Å². The van der Waals surface area contributed by atoms with Crippen LogP contribution in [0.2, 0.25) is 0 Å². The standard InChI is InChI=1S/C12H24N4/c1-5-13-8-12-9-14-10-16(12)7-6-15(4)11(2)3/h9-11,13H,5-8H2,1-4H3. The van der Waals surface area contributed by atoms with E-state index in [-0.39, 0.29) is 0 Å². The molecule has 1 aromatic rings. The van der Waals surface area contributed by atoms with Gasteiger partial charge in [-0.1, -0.05) is 6.92 Å². The Bertz CT molecular complexity index is 293. The Kier molecular flexibility index (Phi) is 5.49. The third-order valence-corrected chi connectivity index (χ3v) is 2.93. The molecule has 92 valence electrons. The maximum absolute atomic E-state index is 4.20. The minimum Gasteiger partial charge on any atom is -0.332 e. The summed E-state index contributed by atoms with van der Waals surface area (Å²) in [7, 11) is 2.16. The van der Waals surface area contributed by atoms with Crippen molar-refractivity contribution in [2.24, 2.45) is 0 Å². The first-order chi connectivity index (χ1) is 7.65. The number of rotatable bonds is 7. The fraction of sp³-hybridized carbons (Fsp3) is 0.750. The van der Waals surface area contributed by atoms with Crippen molar-refractivity contribution < 1.29 is 0 Å². The molecule has 0 aliphatic rings. The van der Waals surface area contributed by atoms with Gasteiger partial charge in [-0.2, -0.15) is 0 Å². The molecule has 0 unspecified atom stereocenters. The summed E-state index contributed by atoms with van der Waals surface area (Å²) in [6.45, 7) is 10.5. The molecule has 0 saturated heterocycles. The molecule has 1 heterocycles. The summed E-state index contributed by atoms with van der Waals surface area (Å²) in [6, 6.07) is 0.598. The molecule has 0 amide bonds. The van der Waals surface area contributed by atoms with Gasteiger partial charge in [0, 0.05) is 31.9 Å². The van der Waals surface area contributed by atoms with E-state index in [1.807, 2.05) is 12.5 Å². The number of aromatic nitrogens is 2. The van der Waals surface area contributed by atoms with Crippen LogP contribution in [0.3, 0.4) is 0 Å². The zero-order valence-electron chi connectivity index (χ0n) is 10.9. The summed E-state index contributed by atoms with van der Waals surface area (Å²) in [6.07, 6.45) is 3.86. The Morgan fingerprint density at radius 2 is 2.25 bits per heavy atom. The van der Waals surface area contributed by atoms with E-state index in [2.05, 4.69) is 47.6 Å². The second kappa shape index (κ2) is 6.66. The number of hydrogen-bond donors (Lipinski definition) is 1. The van der Waals surface area contributed by atoms with Gasteiger partial charge in [0.1, 0.15) is 0 Å². The lowest BCUT2D eigenvalue weighted by molar-refractivity contribution is 0.262. The minimum absolute atomic E-state index is 0.598. The van der Waals surface area contributed by atoms with Crippen LogP contribution in [0.15, 0.2) is 12.5 Å². The lowest BCUT2D eigenvalue weighted by atomic mass is 10.3. The van der Waals surface area contributed by atoms with Crippen molar-refractivity contribution in [3.63, 3.8) is 0 Å². The highest BCUT2D eigenvalue weighted by atomic mass is 15.2. The first kappa shape index (κ1) is 13.2. The molecule has 0 radical (unpaired) electrons. The maximum atomic E-state index is 4.20. The van der Waals surface area contributed by atoms with Crippen LogP contribution >= 0.6 is 0 Å². The second-order valence-corrected chi connectivity index (χ2v) is 4.43. The highest BCUT2D eigenvalue weighted by Crippen LogP contribution is 2.01. The fourth-order valence-corrected chi connectivity index (χ4v) is 1.47. The van der Waals surface area contributed by atoms with Crippen molar-refractivity contribution in [3.8, 4) is 0 Å². The van der Waals surface area contributed by atoms with Crippen molar-refractivity contribution >= 4 is 0 Å². The van der Waals surface area contributed by atoms with E-state index in [0.717, 1.165) is 26.2 Å². The first-order valence-corrected chi connectivity index (χ1v) is 6.05. The van der Waals surface area contributed by atoms with Crippen LogP contribution in [0.1, 0.15) is 26.5 Å². The monoisotopic (exact) mass is 224 g/mol. The topological polar surface area (TPSA) is 33.1 Å². The summed E-state index contributed by atoms with van der Waals surface area (Å²) < 4.78 is 2.22. The van der Waals surface area contributed by atoms with E-state index in [1.54, 1.807) is 0 Å². The van der Waals surface area contributed by atoms with E-state index in [9.17, 15) is 0 Å². The summed E-state index contributed by atoms with van der Waals surface area (Å²) >= 11 is 0. The van der Waals surface area contributed by atoms with Gasteiger partial charge in [0.2, 0.25) is 0 Å². The van der Waals surface area contributed by atoms with Crippen molar-refractivity contribution in [2.75, 3.05) is 20.1 Å². The molecule has 0 saturated carbocycles. The lowest BCUT2D eigenvalue weighted by Gasteiger charge is -2.21. The number of likely N-dealkylation sites (N-methyl/N-ethyl adjacent to an activating group) is 1. The minimum atomic E-state index is 0.598. The van der Waals surface area contributed by atoms with Gasteiger partial charge in [-0.15, -0.1) is 0 Å². The molecule has 0 aliphatic heterocycles. The Morgan fingerprint density at radius 1 is 1.50 bits per heavy atom. The summed E-state index contributed by atoms with van der Waals surface area (Å²) in [5, 5.41) is 3.33. The highest BCUT2D eigenvalue weighted by molar-refractivity contribution is 4.97.